The molecule has 0 aliphatic heterocycles. The topological polar surface area (TPSA) is 75.4 Å². The molecule has 24 heavy (non-hydrogen) atoms. The quantitative estimate of drug-likeness (QED) is 0.882. The Kier molecular flexibility index (Phi) is 5.68. The van der Waals surface area contributed by atoms with Crippen LogP contribution in [0.3, 0.4) is 0 Å². The van der Waals surface area contributed by atoms with Crippen molar-refractivity contribution in [2.75, 3.05) is 18.5 Å². The van der Waals surface area contributed by atoms with Crippen molar-refractivity contribution in [1.29, 1.82) is 0 Å². The number of benzene rings is 1. The minimum atomic E-state index is -0.550. The lowest BCUT2D eigenvalue weighted by Gasteiger charge is -2.20. The Balaban J connectivity index is 2.33. The van der Waals surface area contributed by atoms with Gasteiger partial charge in [-0.3, -0.25) is 14.5 Å². The number of likely N-dealkylation sites (N-methyl/N-ethyl adjacent to an activating group) is 1. The van der Waals surface area contributed by atoms with E-state index in [0.29, 0.717) is 5.69 Å². The molecule has 2 rings (SSSR count). The van der Waals surface area contributed by atoms with Crippen LogP contribution in [0.5, 0.6) is 0 Å². The summed E-state index contributed by atoms with van der Waals surface area (Å²) in [4.78, 5) is 25.6. The average Bonchev–Trinajstić information content (AvgIpc) is 3.08. The van der Waals surface area contributed by atoms with Crippen molar-refractivity contribution >= 4 is 17.5 Å². The molecule has 1 aromatic carbocycles. The van der Waals surface area contributed by atoms with Crippen LogP contribution in [0.15, 0.2) is 34.9 Å². The van der Waals surface area contributed by atoms with E-state index in [1.807, 2.05) is 13.8 Å². The van der Waals surface area contributed by atoms with Crippen LogP contribution in [-0.2, 0) is 4.79 Å². The fraction of sp³-hybridized carbons (Fsp3) is 0.353. The molecule has 0 bridgehead atoms. The predicted octanol–water partition coefficient (Wildman–Crippen LogP) is 2.72. The zero-order chi connectivity index (χ0) is 17.7. The Morgan fingerprint density at radius 3 is 2.75 bits per heavy atom. The average molecular weight is 333 g/mol. The van der Waals surface area contributed by atoms with Gasteiger partial charge in [0.05, 0.1) is 5.69 Å². The third-order valence-electron chi connectivity index (χ3n) is 3.80. The Labute approximate surface area is 139 Å². The fourth-order valence-electron chi connectivity index (χ4n) is 2.11. The number of amides is 2. The van der Waals surface area contributed by atoms with Crippen LogP contribution in [0.2, 0.25) is 0 Å². The van der Waals surface area contributed by atoms with Gasteiger partial charge in [0.1, 0.15) is 12.4 Å². The minimum absolute atomic E-state index is 0.0125. The zero-order valence-corrected chi connectivity index (χ0v) is 13.9. The summed E-state index contributed by atoms with van der Waals surface area (Å²) in [6, 6.07) is 7.04. The van der Waals surface area contributed by atoms with Gasteiger partial charge in [-0.1, -0.05) is 25.1 Å². The normalized spacial score (nSPS) is 11.8. The van der Waals surface area contributed by atoms with E-state index >= 15 is 0 Å². The van der Waals surface area contributed by atoms with E-state index in [1.54, 1.807) is 12.1 Å². The molecule has 6 nitrogen and oxygen atoms in total. The molecule has 0 fully saturated rings. The second kappa shape index (κ2) is 7.72. The zero-order valence-electron chi connectivity index (χ0n) is 13.9. The van der Waals surface area contributed by atoms with E-state index in [4.69, 9.17) is 4.52 Å². The van der Waals surface area contributed by atoms with Gasteiger partial charge >= 0.3 is 0 Å². The van der Waals surface area contributed by atoms with Crippen LogP contribution in [0.1, 0.15) is 42.4 Å². The monoisotopic (exact) mass is 333 g/mol. The molecule has 128 valence electrons. The van der Waals surface area contributed by atoms with E-state index in [-0.39, 0.29) is 29.8 Å². The number of carbonyl (C=O) groups is 2. The number of rotatable bonds is 6. The molecule has 1 heterocycles. The molecule has 0 spiro atoms. The molecule has 7 heteroatoms. The lowest BCUT2D eigenvalue weighted by atomic mass is 10.1. The summed E-state index contributed by atoms with van der Waals surface area (Å²) in [5.74, 6) is -1.27. The number of aromatic nitrogens is 1. The molecular formula is C17H20FN3O3. The Morgan fingerprint density at radius 1 is 1.38 bits per heavy atom. The van der Waals surface area contributed by atoms with Crippen molar-refractivity contribution in [3.8, 4) is 0 Å². The summed E-state index contributed by atoms with van der Waals surface area (Å²) in [7, 11) is 1.46. The molecule has 0 radical (unpaired) electrons. The van der Waals surface area contributed by atoms with Gasteiger partial charge < -0.3 is 9.84 Å². The maximum absolute atomic E-state index is 13.5. The van der Waals surface area contributed by atoms with E-state index in [0.717, 1.165) is 11.3 Å². The summed E-state index contributed by atoms with van der Waals surface area (Å²) >= 11 is 0. The highest BCUT2D eigenvalue weighted by Gasteiger charge is 2.25. The van der Waals surface area contributed by atoms with Crippen LogP contribution in [-0.4, -0.2) is 30.6 Å². The second-order valence-electron chi connectivity index (χ2n) is 5.47. The number of anilines is 1. The van der Waals surface area contributed by atoms with Gasteiger partial charge in [0, 0.05) is 24.7 Å². The highest BCUT2D eigenvalue weighted by Crippen LogP contribution is 2.22. The first-order valence-corrected chi connectivity index (χ1v) is 7.70. The number of hydrogen-bond donors (Lipinski definition) is 1. The maximum Gasteiger partial charge on any atom is 0.297 e. The third-order valence-corrected chi connectivity index (χ3v) is 3.80. The lowest BCUT2D eigenvalue weighted by Crippen LogP contribution is -2.39. The highest BCUT2D eigenvalue weighted by molar-refractivity contribution is 6.07. The van der Waals surface area contributed by atoms with E-state index in [2.05, 4.69) is 10.5 Å². The molecular weight excluding hydrogens is 313 g/mol. The Bertz CT molecular complexity index is 729. The standard InChI is InChI=1S/C17H20FN3O3/c1-4-11(2)14-9-15(24-20-14)17(23)21(10-16(22)19-3)13-7-5-6-12(18)8-13/h5-9,11H,4,10H2,1-3H3,(H,19,22). The third kappa shape index (κ3) is 3.98. The summed E-state index contributed by atoms with van der Waals surface area (Å²) in [6.45, 7) is 3.73. The van der Waals surface area contributed by atoms with Crippen molar-refractivity contribution in [1.82, 2.24) is 10.5 Å². The van der Waals surface area contributed by atoms with Gasteiger partial charge in [0.2, 0.25) is 11.7 Å². The molecule has 0 saturated carbocycles. The summed E-state index contributed by atoms with van der Waals surface area (Å²) in [5.41, 5.74) is 0.935. The molecule has 1 aromatic heterocycles. The summed E-state index contributed by atoms with van der Waals surface area (Å²) < 4.78 is 18.6. The number of nitrogens with one attached hydrogen (secondary N) is 1. The van der Waals surface area contributed by atoms with Gasteiger partial charge in [0.15, 0.2) is 0 Å². The number of nitrogens with zero attached hydrogens (tertiary/aromatic N) is 2. The second-order valence-corrected chi connectivity index (χ2v) is 5.47. The molecule has 1 unspecified atom stereocenters. The van der Waals surface area contributed by atoms with Crippen LogP contribution in [0.25, 0.3) is 0 Å². The minimum Gasteiger partial charge on any atom is -0.358 e. The summed E-state index contributed by atoms with van der Waals surface area (Å²) in [6.07, 6.45) is 0.853. The maximum atomic E-state index is 13.5. The molecule has 0 aliphatic carbocycles. The van der Waals surface area contributed by atoms with Crippen molar-refractivity contribution in [3.05, 3.63) is 47.6 Å². The molecule has 1 N–H and O–H groups in total. The number of carbonyl (C=O) groups excluding carboxylic acids is 2. The Morgan fingerprint density at radius 2 is 2.12 bits per heavy atom. The molecule has 0 saturated heterocycles. The molecule has 1 atom stereocenters. The SMILES string of the molecule is CCC(C)c1cc(C(=O)N(CC(=O)NC)c2cccc(F)c2)on1. The van der Waals surface area contributed by atoms with Gasteiger partial charge in [-0.05, 0) is 24.6 Å². The van der Waals surface area contributed by atoms with Crippen LogP contribution >= 0.6 is 0 Å². The smallest absolute Gasteiger partial charge is 0.297 e. The fourth-order valence-corrected chi connectivity index (χ4v) is 2.11. The van der Waals surface area contributed by atoms with E-state index in [1.165, 1.54) is 25.2 Å². The number of hydrogen-bond acceptors (Lipinski definition) is 4. The van der Waals surface area contributed by atoms with Gasteiger partial charge in [-0.2, -0.15) is 0 Å². The number of halogens is 1. The molecule has 2 amide bonds. The molecule has 2 aromatic rings. The van der Waals surface area contributed by atoms with Gasteiger partial charge in [0.25, 0.3) is 5.91 Å². The predicted molar refractivity (Wildman–Crippen MR) is 87.4 cm³/mol. The van der Waals surface area contributed by atoms with Crippen molar-refractivity contribution < 1.29 is 18.5 Å². The van der Waals surface area contributed by atoms with Gasteiger partial charge in [-0.15, -0.1) is 0 Å². The van der Waals surface area contributed by atoms with Crippen molar-refractivity contribution in [2.45, 2.75) is 26.2 Å². The first-order valence-electron chi connectivity index (χ1n) is 7.70. The Hall–Kier alpha value is -2.70. The summed E-state index contributed by atoms with van der Waals surface area (Å²) in [5, 5.41) is 6.35. The van der Waals surface area contributed by atoms with Gasteiger partial charge in [-0.25, -0.2) is 4.39 Å². The first-order chi connectivity index (χ1) is 11.5. The highest BCUT2D eigenvalue weighted by atomic mass is 19.1. The van der Waals surface area contributed by atoms with E-state index < -0.39 is 11.7 Å². The lowest BCUT2D eigenvalue weighted by molar-refractivity contribution is -0.119. The van der Waals surface area contributed by atoms with Crippen molar-refractivity contribution in [2.24, 2.45) is 0 Å². The van der Waals surface area contributed by atoms with E-state index in [9.17, 15) is 14.0 Å². The first kappa shape index (κ1) is 17.7. The van der Waals surface area contributed by atoms with Crippen LogP contribution in [0.4, 0.5) is 10.1 Å². The van der Waals surface area contributed by atoms with Crippen LogP contribution < -0.4 is 10.2 Å². The van der Waals surface area contributed by atoms with Crippen molar-refractivity contribution in [3.63, 3.8) is 0 Å². The van der Waals surface area contributed by atoms with Crippen LogP contribution in [0, 0.1) is 5.82 Å². The molecule has 0 aliphatic rings. The largest absolute Gasteiger partial charge is 0.358 e.